The minimum Gasteiger partial charge on any atom is -0.383 e. The second-order valence-electron chi connectivity index (χ2n) is 5.60. The van der Waals surface area contributed by atoms with Crippen LogP contribution in [0.2, 0.25) is 0 Å². The number of nitrogens with zero attached hydrogens (tertiary/aromatic N) is 1. The van der Waals surface area contributed by atoms with Crippen molar-refractivity contribution in [3.05, 3.63) is 0 Å². The predicted octanol–water partition coefficient (Wildman–Crippen LogP) is 2.74. The van der Waals surface area contributed by atoms with Crippen LogP contribution in [0.1, 0.15) is 46.5 Å². The van der Waals surface area contributed by atoms with Crippen molar-refractivity contribution in [3.8, 4) is 0 Å². The highest BCUT2D eigenvalue weighted by molar-refractivity contribution is 5.81. The molecule has 0 amide bonds. The van der Waals surface area contributed by atoms with E-state index >= 15 is 0 Å². The highest BCUT2D eigenvalue weighted by Crippen LogP contribution is 2.29. The Labute approximate surface area is 112 Å². The third kappa shape index (κ3) is 4.36. The Morgan fingerprint density at radius 2 is 2.17 bits per heavy atom. The van der Waals surface area contributed by atoms with Gasteiger partial charge < -0.3 is 4.74 Å². The van der Waals surface area contributed by atoms with E-state index in [9.17, 15) is 4.79 Å². The summed E-state index contributed by atoms with van der Waals surface area (Å²) in [5.41, 5.74) is 0. The predicted molar refractivity (Wildman–Crippen MR) is 74.7 cm³/mol. The van der Waals surface area contributed by atoms with Crippen LogP contribution in [0, 0.1) is 11.8 Å². The van der Waals surface area contributed by atoms with E-state index in [1.54, 1.807) is 7.11 Å². The molecule has 3 atom stereocenters. The fraction of sp³-hybridized carbons (Fsp3) is 0.933. The zero-order valence-electron chi connectivity index (χ0n) is 12.4. The quantitative estimate of drug-likeness (QED) is 0.700. The van der Waals surface area contributed by atoms with Gasteiger partial charge in [-0.2, -0.15) is 0 Å². The van der Waals surface area contributed by atoms with E-state index in [0.717, 1.165) is 44.9 Å². The van der Waals surface area contributed by atoms with Gasteiger partial charge in [-0.05, 0) is 32.2 Å². The highest BCUT2D eigenvalue weighted by Gasteiger charge is 2.29. The van der Waals surface area contributed by atoms with E-state index in [1.807, 2.05) is 0 Å². The third-order valence-electron chi connectivity index (χ3n) is 4.34. The van der Waals surface area contributed by atoms with Crippen LogP contribution in [0.4, 0.5) is 0 Å². The molecule has 0 heterocycles. The zero-order valence-corrected chi connectivity index (χ0v) is 12.4. The number of likely N-dealkylation sites (N-methyl/N-ethyl adjacent to an activating group) is 1. The summed E-state index contributed by atoms with van der Waals surface area (Å²) in [6.45, 7) is 9.23. The summed E-state index contributed by atoms with van der Waals surface area (Å²) in [5.74, 6) is 1.48. The maximum atomic E-state index is 12.0. The van der Waals surface area contributed by atoms with Gasteiger partial charge in [0.05, 0.1) is 6.61 Å². The van der Waals surface area contributed by atoms with Gasteiger partial charge in [-0.15, -0.1) is 0 Å². The molecule has 0 aromatic rings. The molecule has 1 saturated carbocycles. The minimum atomic E-state index is 0.253. The van der Waals surface area contributed by atoms with Crippen LogP contribution in [-0.2, 0) is 9.53 Å². The van der Waals surface area contributed by atoms with Crippen molar-refractivity contribution in [1.82, 2.24) is 4.90 Å². The van der Waals surface area contributed by atoms with Crippen molar-refractivity contribution < 1.29 is 9.53 Å². The van der Waals surface area contributed by atoms with Gasteiger partial charge in [0.15, 0.2) is 0 Å². The molecule has 1 aliphatic carbocycles. The Morgan fingerprint density at radius 1 is 1.44 bits per heavy atom. The lowest BCUT2D eigenvalue weighted by atomic mass is 9.79. The molecule has 1 aliphatic rings. The Morgan fingerprint density at radius 3 is 2.72 bits per heavy atom. The average Bonchev–Trinajstić information content (AvgIpc) is 2.38. The van der Waals surface area contributed by atoms with Gasteiger partial charge in [0.1, 0.15) is 5.78 Å². The maximum Gasteiger partial charge on any atom is 0.137 e. The molecular weight excluding hydrogens is 226 g/mol. The van der Waals surface area contributed by atoms with E-state index in [-0.39, 0.29) is 5.92 Å². The zero-order chi connectivity index (χ0) is 13.5. The van der Waals surface area contributed by atoms with Crippen molar-refractivity contribution in [2.75, 3.05) is 26.8 Å². The van der Waals surface area contributed by atoms with Gasteiger partial charge in [-0.1, -0.05) is 20.3 Å². The van der Waals surface area contributed by atoms with Crippen molar-refractivity contribution in [3.63, 3.8) is 0 Å². The number of carbonyl (C=O) groups excluding carboxylic acids is 1. The topological polar surface area (TPSA) is 29.5 Å². The van der Waals surface area contributed by atoms with Crippen molar-refractivity contribution in [2.45, 2.75) is 52.5 Å². The van der Waals surface area contributed by atoms with Gasteiger partial charge in [0, 0.05) is 32.0 Å². The van der Waals surface area contributed by atoms with Crippen LogP contribution in [0.3, 0.4) is 0 Å². The molecule has 0 bridgehead atoms. The van der Waals surface area contributed by atoms with Crippen LogP contribution >= 0.6 is 0 Å². The standard InChI is InChI=1S/C15H29NO2/c1-5-13-7-8-15(17)14(9-13)10-16(6-2)12(3)11-18-4/h12-14H,5-11H2,1-4H3. The number of ketones is 1. The number of ether oxygens (including phenoxy) is 1. The molecule has 3 unspecified atom stereocenters. The summed E-state index contributed by atoms with van der Waals surface area (Å²) in [6, 6.07) is 0.398. The van der Waals surface area contributed by atoms with Gasteiger partial charge in [-0.25, -0.2) is 0 Å². The van der Waals surface area contributed by atoms with Crippen molar-refractivity contribution in [1.29, 1.82) is 0 Å². The molecule has 106 valence electrons. The average molecular weight is 255 g/mol. The Kier molecular flexibility index (Phi) is 6.87. The van der Waals surface area contributed by atoms with Gasteiger partial charge in [-0.3, -0.25) is 9.69 Å². The summed E-state index contributed by atoms with van der Waals surface area (Å²) in [6.07, 6.45) is 4.19. The second kappa shape index (κ2) is 7.90. The number of hydrogen-bond donors (Lipinski definition) is 0. The summed E-state index contributed by atoms with van der Waals surface area (Å²) < 4.78 is 5.22. The molecular formula is C15H29NO2. The molecule has 3 nitrogen and oxygen atoms in total. The van der Waals surface area contributed by atoms with Gasteiger partial charge in [0.2, 0.25) is 0 Å². The van der Waals surface area contributed by atoms with Gasteiger partial charge in [0.25, 0.3) is 0 Å². The molecule has 0 aromatic heterocycles. The number of rotatable bonds is 7. The van der Waals surface area contributed by atoms with Crippen LogP contribution in [0.5, 0.6) is 0 Å². The first-order valence-electron chi connectivity index (χ1n) is 7.37. The molecule has 0 radical (unpaired) electrons. The third-order valence-corrected chi connectivity index (χ3v) is 4.34. The van der Waals surface area contributed by atoms with Crippen LogP contribution in [-0.4, -0.2) is 43.5 Å². The lowest BCUT2D eigenvalue weighted by Crippen LogP contribution is -2.42. The molecule has 1 fully saturated rings. The first-order valence-corrected chi connectivity index (χ1v) is 7.37. The van der Waals surface area contributed by atoms with Crippen LogP contribution in [0.15, 0.2) is 0 Å². The Balaban J connectivity index is 2.53. The first-order chi connectivity index (χ1) is 8.62. The summed E-state index contributed by atoms with van der Waals surface area (Å²) in [7, 11) is 1.74. The Bertz CT molecular complexity index is 255. The number of methoxy groups -OCH3 is 1. The fourth-order valence-corrected chi connectivity index (χ4v) is 3.00. The monoisotopic (exact) mass is 255 g/mol. The molecule has 0 saturated heterocycles. The van der Waals surface area contributed by atoms with Crippen LogP contribution in [0.25, 0.3) is 0 Å². The molecule has 1 rings (SSSR count). The van der Waals surface area contributed by atoms with E-state index in [2.05, 4.69) is 25.7 Å². The molecule has 18 heavy (non-hydrogen) atoms. The molecule has 0 spiro atoms. The summed E-state index contributed by atoms with van der Waals surface area (Å²) in [5, 5.41) is 0. The summed E-state index contributed by atoms with van der Waals surface area (Å²) >= 11 is 0. The number of Topliss-reactive ketones (excluding diaryl/α,β-unsaturated/α-hetero) is 1. The second-order valence-corrected chi connectivity index (χ2v) is 5.60. The lowest BCUT2D eigenvalue weighted by molar-refractivity contribution is -0.126. The number of hydrogen-bond acceptors (Lipinski definition) is 3. The normalized spacial score (nSPS) is 26.6. The SMILES string of the molecule is CCC1CCC(=O)C(CN(CC)C(C)COC)C1. The first kappa shape index (κ1) is 15.6. The molecule has 0 N–H and O–H groups in total. The Hall–Kier alpha value is -0.410. The van der Waals surface area contributed by atoms with Crippen molar-refractivity contribution in [2.24, 2.45) is 11.8 Å². The minimum absolute atomic E-state index is 0.253. The smallest absolute Gasteiger partial charge is 0.137 e. The lowest BCUT2D eigenvalue weighted by Gasteiger charge is -2.34. The van der Waals surface area contributed by atoms with Gasteiger partial charge >= 0.3 is 0 Å². The maximum absolute atomic E-state index is 12.0. The van der Waals surface area contributed by atoms with E-state index in [0.29, 0.717) is 11.8 Å². The fourth-order valence-electron chi connectivity index (χ4n) is 3.00. The van der Waals surface area contributed by atoms with Crippen LogP contribution < -0.4 is 0 Å². The molecule has 0 aliphatic heterocycles. The molecule has 3 heteroatoms. The van der Waals surface area contributed by atoms with E-state index in [4.69, 9.17) is 4.74 Å². The number of carbonyl (C=O) groups is 1. The molecule has 0 aromatic carbocycles. The van der Waals surface area contributed by atoms with E-state index < -0.39 is 0 Å². The van der Waals surface area contributed by atoms with E-state index in [1.165, 1.54) is 6.42 Å². The largest absolute Gasteiger partial charge is 0.383 e. The summed E-state index contributed by atoms with van der Waals surface area (Å²) in [4.78, 5) is 14.4. The highest BCUT2D eigenvalue weighted by atomic mass is 16.5. The van der Waals surface area contributed by atoms with Crippen molar-refractivity contribution >= 4 is 5.78 Å².